The van der Waals surface area contributed by atoms with Gasteiger partial charge < -0.3 is 14.8 Å². The summed E-state index contributed by atoms with van der Waals surface area (Å²) in [6, 6.07) is 13.0. The van der Waals surface area contributed by atoms with Crippen LogP contribution >= 0.6 is 11.6 Å². The Bertz CT molecular complexity index is 1060. The number of methoxy groups -OCH3 is 2. The van der Waals surface area contributed by atoms with Gasteiger partial charge in [-0.25, -0.2) is 4.79 Å². The second-order valence-corrected chi connectivity index (χ2v) is 6.64. The summed E-state index contributed by atoms with van der Waals surface area (Å²) in [4.78, 5) is 16.7. The average molecular weight is 384 g/mol. The zero-order valence-corrected chi connectivity index (χ0v) is 15.7. The van der Waals surface area contributed by atoms with Crippen LogP contribution < -0.4 is 20.5 Å². The minimum atomic E-state index is -0.288. The minimum Gasteiger partial charge on any atom is -0.493 e. The Kier molecular flexibility index (Phi) is 4.49. The zero-order valence-electron chi connectivity index (χ0n) is 15.0. The van der Waals surface area contributed by atoms with E-state index in [1.54, 1.807) is 30.9 Å². The Morgan fingerprint density at radius 1 is 1.07 bits per heavy atom. The fourth-order valence-corrected chi connectivity index (χ4v) is 3.42. The molecular weight excluding hydrogens is 366 g/mol. The maximum Gasteiger partial charge on any atom is 0.350 e. The molecule has 0 bridgehead atoms. The van der Waals surface area contributed by atoms with E-state index in [0.29, 0.717) is 28.9 Å². The Balaban J connectivity index is 1.80. The molecule has 0 radical (unpaired) electrons. The summed E-state index contributed by atoms with van der Waals surface area (Å²) < 4.78 is 12.5. The number of fused-ring (bicyclic) bond motifs is 3. The van der Waals surface area contributed by atoms with Gasteiger partial charge in [0.15, 0.2) is 11.5 Å². The van der Waals surface area contributed by atoms with Crippen LogP contribution in [-0.2, 0) is 13.0 Å². The third-order valence-electron chi connectivity index (χ3n) is 4.62. The molecular formula is C20H18ClN3O3. The van der Waals surface area contributed by atoms with Crippen LogP contribution in [0.4, 0.5) is 11.5 Å². The highest BCUT2D eigenvalue weighted by atomic mass is 35.5. The van der Waals surface area contributed by atoms with E-state index in [1.807, 2.05) is 30.3 Å². The molecule has 0 fully saturated rings. The molecule has 2 heterocycles. The lowest BCUT2D eigenvalue weighted by Gasteiger charge is -2.23. The summed E-state index contributed by atoms with van der Waals surface area (Å²) in [7, 11) is 3.21. The molecule has 3 aromatic rings. The standard InChI is InChI=1S/C20H18ClN3O3/c1-26-17-9-12-7-8-24-16(15(12)10-18(17)27-2)11-19(23-20(24)25)22-14-5-3-13(21)4-6-14/h3-6,9-11H,7-8H2,1-2H3,(H,22,23,25). The molecule has 27 heavy (non-hydrogen) atoms. The van der Waals surface area contributed by atoms with Gasteiger partial charge in [0.05, 0.1) is 19.9 Å². The Hall–Kier alpha value is -2.99. The molecule has 4 rings (SSSR count). The highest BCUT2D eigenvalue weighted by Crippen LogP contribution is 2.38. The number of anilines is 2. The molecule has 1 aromatic heterocycles. The highest BCUT2D eigenvalue weighted by molar-refractivity contribution is 6.30. The van der Waals surface area contributed by atoms with E-state index in [2.05, 4.69) is 10.3 Å². The monoisotopic (exact) mass is 383 g/mol. The highest BCUT2D eigenvalue weighted by Gasteiger charge is 2.21. The lowest BCUT2D eigenvalue weighted by Crippen LogP contribution is -2.28. The average Bonchev–Trinajstić information content (AvgIpc) is 2.68. The quantitative estimate of drug-likeness (QED) is 0.740. The van der Waals surface area contributed by atoms with Crippen LogP contribution in [0.5, 0.6) is 11.5 Å². The van der Waals surface area contributed by atoms with Crippen molar-refractivity contribution in [3.63, 3.8) is 0 Å². The van der Waals surface area contributed by atoms with Crippen LogP contribution in [0.25, 0.3) is 11.3 Å². The van der Waals surface area contributed by atoms with Crippen LogP contribution in [0.1, 0.15) is 5.56 Å². The molecule has 2 aromatic carbocycles. The largest absolute Gasteiger partial charge is 0.493 e. The predicted octanol–water partition coefficient (Wildman–Crippen LogP) is 3.88. The first kappa shape index (κ1) is 17.4. The van der Waals surface area contributed by atoms with Gasteiger partial charge in [0.2, 0.25) is 0 Å². The van der Waals surface area contributed by atoms with Crippen molar-refractivity contribution >= 4 is 23.1 Å². The van der Waals surface area contributed by atoms with Crippen molar-refractivity contribution in [2.75, 3.05) is 19.5 Å². The van der Waals surface area contributed by atoms with Crippen molar-refractivity contribution in [2.45, 2.75) is 13.0 Å². The van der Waals surface area contributed by atoms with Crippen molar-refractivity contribution in [3.8, 4) is 22.8 Å². The molecule has 0 atom stereocenters. The van der Waals surface area contributed by atoms with Crippen molar-refractivity contribution < 1.29 is 9.47 Å². The summed E-state index contributed by atoms with van der Waals surface area (Å²) in [6.45, 7) is 0.574. The third kappa shape index (κ3) is 3.24. The Morgan fingerprint density at radius 2 is 1.78 bits per heavy atom. The minimum absolute atomic E-state index is 0.288. The summed E-state index contributed by atoms with van der Waals surface area (Å²) in [5.74, 6) is 1.79. The van der Waals surface area contributed by atoms with E-state index in [9.17, 15) is 4.79 Å². The lowest BCUT2D eigenvalue weighted by molar-refractivity contribution is 0.354. The second-order valence-electron chi connectivity index (χ2n) is 6.21. The van der Waals surface area contributed by atoms with Crippen molar-refractivity contribution in [3.05, 3.63) is 63.5 Å². The number of aromatic nitrogens is 2. The summed E-state index contributed by atoms with van der Waals surface area (Å²) in [5, 5.41) is 3.81. The second kappa shape index (κ2) is 6.96. The van der Waals surface area contributed by atoms with Crippen molar-refractivity contribution in [2.24, 2.45) is 0 Å². The van der Waals surface area contributed by atoms with E-state index in [1.165, 1.54) is 0 Å². The van der Waals surface area contributed by atoms with E-state index in [0.717, 1.165) is 28.9 Å². The van der Waals surface area contributed by atoms with E-state index >= 15 is 0 Å². The smallest absolute Gasteiger partial charge is 0.350 e. The van der Waals surface area contributed by atoms with Gasteiger partial charge >= 0.3 is 5.69 Å². The topological polar surface area (TPSA) is 65.4 Å². The predicted molar refractivity (Wildman–Crippen MR) is 105 cm³/mol. The van der Waals surface area contributed by atoms with Gasteiger partial charge in [0, 0.05) is 28.9 Å². The molecule has 0 aliphatic carbocycles. The fraction of sp³-hybridized carbons (Fsp3) is 0.200. The van der Waals surface area contributed by atoms with Gasteiger partial charge in [-0.05, 0) is 48.4 Å². The molecule has 6 nitrogen and oxygen atoms in total. The summed E-state index contributed by atoms with van der Waals surface area (Å²) in [6.07, 6.45) is 0.730. The van der Waals surface area contributed by atoms with Crippen LogP contribution in [0.2, 0.25) is 5.02 Å². The number of nitrogens with one attached hydrogen (secondary N) is 1. The van der Waals surface area contributed by atoms with Gasteiger partial charge in [0.1, 0.15) is 5.82 Å². The Labute approximate surface area is 161 Å². The molecule has 0 saturated carbocycles. The van der Waals surface area contributed by atoms with Gasteiger partial charge in [-0.1, -0.05) is 11.6 Å². The number of aryl methyl sites for hydroxylation is 1. The van der Waals surface area contributed by atoms with Crippen molar-refractivity contribution in [1.82, 2.24) is 9.55 Å². The van der Waals surface area contributed by atoms with E-state index < -0.39 is 0 Å². The molecule has 0 amide bonds. The van der Waals surface area contributed by atoms with Crippen LogP contribution in [0, 0.1) is 0 Å². The van der Waals surface area contributed by atoms with Crippen LogP contribution in [0.15, 0.2) is 47.3 Å². The normalized spacial score (nSPS) is 12.1. The van der Waals surface area contributed by atoms with Crippen molar-refractivity contribution in [1.29, 1.82) is 0 Å². The molecule has 1 aliphatic rings. The number of rotatable bonds is 4. The van der Waals surface area contributed by atoms with E-state index in [-0.39, 0.29) is 5.69 Å². The van der Waals surface area contributed by atoms with Crippen LogP contribution in [0.3, 0.4) is 0 Å². The molecule has 138 valence electrons. The lowest BCUT2D eigenvalue weighted by atomic mass is 9.97. The third-order valence-corrected chi connectivity index (χ3v) is 4.87. The number of hydrogen-bond donors (Lipinski definition) is 1. The molecule has 7 heteroatoms. The summed E-state index contributed by atoms with van der Waals surface area (Å²) in [5.41, 5.74) is 3.37. The maximum absolute atomic E-state index is 12.6. The van der Waals surface area contributed by atoms with Gasteiger partial charge in [-0.3, -0.25) is 4.57 Å². The molecule has 0 spiro atoms. The van der Waals surface area contributed by atoms with E-state index in [4.69, 9.17) is 21.1 Å². The molecule has 0 saturated heterocycles. The van der Waals surface area contributed by atoms with Gasteiger partial charge in [-0.15, -0.1) is 0 Å². The first-order chi connectivity index (χ1) is 13.1. The summed E-state index contributed by atoms with van der Waals surface area (Å²) >= 11 is 5.93. The maximum atomic E-state index is 12.6. The number of benzene rings is 2. The molecule has 0 unspecified atom stereocenters. The number of nitrogens with zero attached hydrogens (tertiary/aromatic N) is 2. The Morgan fingerprint density at radius 3 is 2.48 bits per heavy atom. The van der Waals surface area contributed by atoms with Crippen LogP contribution in [-0.4, -0.2) is 23.8 Å². The molecule has 1 N–H and O–H groups in total. The number of ether oxygens (including phenoxy) is 2. The number of hydrogen-bond acceptors (Lipinski definition) is 5. The van der Waals surface area contributed by atoms with Gasteiger partial charge in [0.25, 0.3) is 0 Å². The zero-order chi connectivity index (χ0) is 19.0. The first-order valence-electron chi connectivity index (χ1n) is 8.49. The SMILES string of the molecule is COc1cc2c(cc1OC)-c1cc(Nc3ccc(Cl)cc3)nc(=O)n1CC2. The molecule has 1 aliphatic heterocycles. The fourth-order valence-electron chi connectivity index (χ4n) is 3.29. The first-order valence-corrected chi connectivity index (χ1v) is 8.86. The number of halogens is 1. The van der Waals surface area contributed by atoms with Gasteiger partial charge in [-0.2, -0.15) is 4.98 Å².